The Kier molecular flexibility index (Phi) is 3.17. The van der Waals surface area contributed by atoms with Crippen molar-refractivity contribution >= 4 is 11.7 Å². The Labute approximate surface area is 98.4 Å². The van der Waals surface area contributed by atoms with Gasteiger partial charge in [-0.3, -0.25) is 4.79 Å². The Morgan fingerprint density at radius 1 is 1.53 bits per heavy atom. The molecule has 0 aliphatic heterocycles. The van der Waals surface area contributed by atoms with Crippen LogP contribution in [0.2, 0.25) is 0 Å². The Hall–Kier alpha value is -1.78. The Bertz CT molecular complexity index is 436. The van der Waals surface area contributed by atoms with E-state index in [0.29, 0.717) is 12.1 Å². The highest BCUT2D eigenvalue weighted by atomic mass is 19.1. The molecule has 2 rings (SSSR count). The molecule has 2 N–H and O–H groups in total. The number of hydrogen-bond acceptors (Lipinski definition) is 3. The van der Waals surface area contributed by atoms with Crippen LogP contribution in [0.25, 0.3) is 0 Å². The van der Waals surface area contributed by atoms with Crippen LogP contribution < -0.4 is 10.1 Å². The first-order chi connectivity index (χ1) is 8.11. The molecule has 0 radical (unpaired) electrons. The van der Waals surface area contributed by atoms with Gasteiger partial charge in [0.05, 0.1) is 13.0 Å². The van der Waals surface area contributed by atoms with E-state index in [9.17, 15) is 9.18 Å². The number of rotatable bonds is 4. The molecule has 2 atom stereocenters. The lowest BCUT2D eigenvalue weighted by atomic mass is 9.79. The van der Waals surface area contributed by atoms with Gasteiger partial charge >= 0.3 is 5.97 Å². The molecule has 1 aromatic carbocycles. The summed E-state index contributed by atoms with van der Waals surface area (Å²) in [4.78, 5) is 10.8. The van der Waals surface area contributed by atoms with E-state index in [0.717, 1.165) is 6.42 Å². The normalized spacial score (nSPS) is 22.7. The predicted molar refractivity (Wildman–Crippen MR) is 60.7 cm³/mol. The van der Waals surface area contributed by atoms with Crippen LogP contribution in [-0.4, -0.2) is 24.2 Å². The molecule has 1 saturated carbocycles. The smallest absolute Gasteiger partial charge is 0.308 e. The molecule has 1 aromatic rings. The fraction of sp³-hybridized carbons (Fsp3) is 0.417. The van der Waals surface area contributed by atoms with Gasteiger partial charge in [0.25, 0.3) is 0 Å². The fourth-order valence-corrected chi connectivity index (χ4v) is 1.94. The molecule has 0 aromatic heterocycles. The minimum atomic E-state index is -0.803. The summed E-state index contributed by atoms with van der Waals surface area (Å²) >= 11 is 0. The highest BCUT2D eigenvalue weighted by molar-refractivity contribution is 5.73. The number of benzene rings is 1. The van der Waals surface area contributed by atoms with E-state index >= 15 is 0 Å². The maximum absolute atomic E-state index is 13.4. The summed E-state index contributed by atoms with van der Waals surface area (Å²) in [5.41, 5.74) is 0.583. The summed E-state index contributed by atoms with van der Waals surface area (Å²) in [5, 5.41) is 11.9. The number of carboxylic acid groups (broad SMARTS) is 1. The van der Waals surface area contributed by atoms with Crippen LogP contribution in [0.3, 0.4) is 0 Å². The molecule has 17 heavy (non-hydrogen) atoms. The molecule has 1 aliphatic carbocycles. The van der Waals surface area contributed by atoms with Crippen molar-refractivity contribution in [3.63, 3.8) is 0 Å². The molecule has 1 aliphatic rings. The molecule has 0 bridgehead atoms. The summed E-state index contributed by atoms with van der Waals surface area (Å²) in [6, 6.07) is 4.40. The van der Waals surface area contributed by atoms with E-state index in [1.165, 1.54) is 19.2 Å². The number of carboxylic acids is 1. The van der Waals surface area contributed by atoms with Crippen LogP contribution in [0.15, 0.2) is 18.2 Å². The SMILES string of the molecule is COc1ccc(NC2CCC2C(=O)O)cc1F. The molecule has 92 valence electrons. The second kappa shape index (κ2) is 4.61. The summed E-state index contributed by atoms with van der Waals surface area (Å²) in [5.74, 6) is -1.45. The number of hydrogen-bond donors (Lipinski definition) is 2. The van der Waals surface area contributed by atoms with Crippen LogP contribution in [0.4, 0.5) is 10.1 Å². The Balaban J connectivity index is 2.04. The summed E-state index contributed by atoms with van der Waals surface area (Å²) < 4.78 is 18.2. The molecule has 0 amide bonds. The van der Waals surface area contributed by atoms with E-state index in [-0.39, 0.29) is 17.7 Å². The van der Waals surface area contributed by atoms with Gasteiger partial charge in [-0.05, 0) is 25.0 Å². The van der Waals surface area contributed by atoms with Crippen molar-refractivity contribution in [1.82, 2.24) is 0 Å². The third kappa shape index (κ3) is 2.33. The third-order valence-corrected chi connectivity index (χ3v) is 3.10. The van der Waals surface area contributed by atoms with E-state index < -0.39 is 11.8 Å². The molecule has 0 saturated heterocycles. The van der Waals surface area contributed by atoms with Crippen molar-refractivity contribution in [2.24, 2.45) is 5.92 Å². The maximum Gasteiger partial charge on any atom is 0.308 e. The number of methoxy groups -OCH3 is 1. The standard InChI is InChI=1S/C12H14FNO3/c1-17-11-5-2-7(6-9(11)13)14-10-4-3-8(10)12(15)16/h2,5-6,8,10,14H,3-4H2,1H3,(H,15,16). The van der Waals surface area contributed by atoms with Crippen molar-refractivity contribution in [3.05, 3.63) is 24.0 Å². The predicted octanol–water partition coefficient (Wildman–Crippen LogP) is 2.11. The molecular weight excluding hydrogens is 225 g/mol. The molecular formula is C12H14FNO3. The molecule has 0 heterocycles. The maximum atomic E-state index is 13.4. The lowest BCUT2D eigenvalue weighted by Gasteiger charge is -2.34. The average Bonchev–Trinajstić information content (AvgIpc) is 2.24. The van der Waals surface area contributed by atoms with Gasteiger partial charge in [-0.2, -0.15) is 0 Å². The zero-order valence-electron chi connectivity index (χ0n) is 9.44. The van der Waals surface area contributed by atoms with Gasteiger partial charge in [-0.15, -0.1) is 0 Å². The first-order valence-electron chi connectivity index (χ1n) is 5.44. The molecule has 4 nitrogen and oxygen atoms in total. The van der Waals surface area contributed by atoms with Gasteiger partial charge in [-0.25, -0.2) is 4.39 Å². The van der Waals surface area contributed by atoms with Gasteiger partial charge < -0.3 is 15.2 Å². The summed E-state index contributed by atoms with van der Waals surface area (Å²) in [6.45, 7) is 0. The molecule has 5 heteroatoms. The van der Waals surface area contributed by atoms with E-state index in [2.05, 4.69) is 5.32 Å². The van der Waals surface area contributed by atoms with Crippen molar-refractivity contribution in [1.29, 1.82) is 0 Å². The van der Waals surface area contributed by atoms with E-state index in [4.69, 9.17) is 9.84 Å². The lowest BCUT2D eigenvalue weighted by Crippen LogP contribution is -2.42. The van der Waals surface area contributed by atoms with Crippen LogP contribution in [-0.2, 0) is 4.79 Å². The van der Waals surface area contributed by atoms with E-state index in [1.807, 2.05) is 0 Å². The van der Waals surface area contributed by atoms with Gasteiger partial charge in [0.15, 0.2) is 11.6 Å². The minimum Gasteiger partial charge on any atom is -0.494 e. The van der Waals surface area contributed by atoms with Gasteiger partial charge in [0, 0.05) is 17.8 Å². The number of aliphatic carboxylic acids is 1. The largest absolute Gasteiger partial charge is 0.494 e. The molecule has 2 unspecified atom stereocenters. The second-order valence-corrected chi connectivity index (χ2v) is 4.12. The quantitative estimate of drug-likeness (QED) is 0.844. The van der Waals surface area contributed by atoms with Crippen molar-refractivity contribution in [3.8, 4) is 5.75 Å². The lowest BCUT2D eigenvalue weighted by molar-refractivity contribution is -0.144. The van der Waals surface area contributed by atoms with Gasteiger partial charge in [0.2, 0.25) is 0 Å². The number of halogens is 1. The first-order valence-corrected chi connectivity index (χ1v) is 5.44. The van der Waals surface area contributed by atoms with Crippen molar-refractivity contribution in [2.75, 3.05) is 12.4 Å². The van der Waals surface area contributed by atoms with Crippen molar-refractivity contribution in [2.45, 2.75) is 18.9 Å². The Morgan fingerprint density at radius 3 is 2.76 bits per heavy atom. The number of ether oxygens (including phenoxy) is 1. The monoisotopic (exact) mass is 239 g/mol. The number of anilines is 1. The zero-order valence-corrected chi connectivity index (χ0v) is 9.44. The summed E-state index contributed by atoms with van der Waals surface area (Å²) in [7, 11) is 1.40. The van der Waals surface area contributed by atoms with Gasteiger partial charge in [-0.1, -0.05) is 0 Å². The van der Waals surface area contributed by atoms with Crippen LogP contribution >= 0.6 is 0 Å². The van der Waals surface area contributed by atoms with Gasteiger partial charge in [0.1, 0.15) is 0 Å². The second-order valence-electron chi connectivity index (χ2n) is 4.12. The third-order valence-electron chi connectivity index (χ3n) is 3.10. The Morgan fingerprint density at radius 2 is 2.29 bits per heavy atom. The average molecular weight is 239 g/mol. The minimum absolute atomic E-state index is 0.111. The van der Waals surface area contributed by atoms with Crippen LogP contribution in [0.5, 0.6) is 5.75 Å². The molecule has 1 fully saturated rings. The number of carbonyl (C=O) groups is 1. The van der Waals surface area contributed by atoms with E-state index in [1.54, 1.807) is 6.07 Å². The van der Waals surface area contributed by atoms with Crippen molar-refractivity contribution < 1.29 is 19.0 Å². The molecule has 0 spiro atoms. The number of nitrogens with one attached hydrogen (secondary N) is 1. The first kappa shape index (κ1) is 11.7. The van der Waals surface area contributed by atoms with Crippen LogP contribution in [0.1, 0.15) is 12.8 Å². The highest BCUT2D eigenvalue weighted by Gasteiger charge is 2.36. The topological polar surface area (TPSA) is 58.6 Å². The fourth-order valence-electron chi connectivity index (χ4n) is 1.94. The highest BCUT2D eigenvalue weighted by Crippen LogP contribution is 2.31. The summed E-state index contributed by atoms with van der Waals surface area (Å²) in [6.07, 6.45) is 1.47. The zero-order chi connectivity index (χ0) is 12.4. The van der Waals surface area contributed by atoms with Crippen LogP contribution in [0, 0.1) is 11.7 Å².